The zero-order valence-corrected chi connectivity index (χ0v) is 9.82. The molecule has 15 heavy (non-hydrogen) atoms. The maximum atomic E-state index is 6.17. The lowest BCUT2D eigenvalue weighted by atomic mass is 10.0. The lowest BCUT2D eigenvalue weighted by Crippen LogP contribution is -1.74. The minimum Gasteiger partial charge on any atom is -0.123 e. The predicted molar refractivity (Wildman–Crippen MR) is 69.1 cm³/mol. The third-order valence-corrected chi connectivity index (χ3v) is 4.32. The van der Waals surface area contributed by atoms with Crippen molar-refractivity contribution in [3.63, 3.8) is 0 Å². The summed E-state index contributed by atoms with van der Waals surface area (Å²) in [4.78, 5) is 0. The van der Waals surface area contributed by atoms with Gasteiger partial charge in [0, 0.05) is 10.1 Å². The molecule has 2 aromatic carbocycles. The van der Waals surface area contributed by atoms with Gasteiger partial charge in [-0.2, -0.15) is 0 Å². The summed E-state index contributed by atoms with van der Waals surface area (Å²) in [7, 11) is 0. The summed E-state index contributed by atoms with van der Waals surface area (Å²) in [6.07, 6.45) is 0. The Kier molecular flexibility index (Phi) is 1.98. The molecule has 0 saturated carbocycles. The average molecular weight is 233 g/mol. The van der Waals surface area contributed by atoms with Crippen molar-refractivity contribution >= 4 is 43.8 Å². The smallest absolute Gasteiger partial charge is 0.0970 e. The van der Waals surface area contributed by atoms with Crippen LogP contribution in [0.25, 0.3) is 20.9 Å². The molecule has 0 bridgehead atoms. The first kappa shape index (κ1) is 9.20. The van der Waals surface area contributed by atoms with Gasteiger partial charge in [0.15, 0.2) is 0 Å². The number of benzene rings is 2. The van der Waals surface area contributed by atoms with Crippen LogP contribution in [0.15, 0.2) is 36.4 Å². The van der Waals surface area contributed by atoms with Crippen molar-refractivity contribution < 1.29 is 0 Å². The van der Waals surface area contributed by atoms with Gasteiger partial charge in [-0.3, -0.25) is 0 Å². The third kappa shape index (κ3) is 1.27. The molecule has 0 aliphatic heterocycles. The van der Waals surface area contributed by atoms with E-state index in [4.69, 9.17) is 11.6 Å². The molecule has 0 aliphatic rings. The summed E-state index contributed by atoms with van der Waals surface area (Å²) in [6, 6.07) is 12.8. The van der Waals surface area contributed by atoms with E-state index >= 15 is 0 Å². The molecular weight excluding hydrogens is 224 g/mol. The van der Waals surface area contributed by atoms with Gasteiger partial charge in [-0.1, -0.05) is 41.9 Å². The highest BCUT2D eigenvalue weighted by atomic mass is 35.5. The Bertz CT molecular complexity index is 652. The van der Waals surface area contributed by atoms with Crippen LogP contribution in [0.5, 0.6) is 0 Å². The van der Waals surface area contributed by atoms with E-state index in [0.717, 1.165) is 4.34 Å². The molecule has 0 aliphatic carbocycles. The summed E-state index contributed by atoms with van der Waals surface area (Å²) >= 11 is 7.83. The summed E-state index contributed by atoms with van der Waals surface area (Å²) in [5, 5.41) is 3.89. The molecule has 0 atom stereocenters. The van der Waals surface area contributed by atoms with E-state index in [1.165, 1.54) is 26.4 Å². The minimum atomic E-state index is 0.904. The van der Waals surface area contributed by atoms with E-state index in [0.29, 0.717) is 0 Å². The van der Waals surface area contributed by atoms with E-state index in [2.05, 4.69) is 43.3 Å². The van der Waals surface area contributed by atoms with E-state index in [1.807, 2.05) is 0 Å². The predicted octanol–water partition coefficient (Wildman–Crippen LogP) is 5.02. The van der Waals surface area contributed by atoms with Gasteiger partial charge in [-0.25, -0.2) is 0 Å². The number of hydrogen-bond donors (Lipinski definition) is 0. The van der Waals surface area contributed by atoms with Crippen LogP contribution in [0.3, 0.4) is 0 Å². The minimum absolute atomic E-state index is 0.904. The molecule has 0 unspecified atom stereocenters. The van der Waals surface area contributed by atoms with Gasteiger partial charge in [-0.15, -0.1) is 11.3 Å². The Balaban J connectivity index is 2.63. The lowest BCUT2D eigenvalue weighted by Gasteiger charge is -1.99. The Morgan fingerprint density at radius 1 is 1.07 bits per heavy atom. The van der Waals surface area contributed by atoms with Crippen molar-refractivity contribution in [1.29, 1.82) is 0 Å². The van der Waals surface area contributed by atoms with E-state index in [1.54, 1.807) is 11.3 Å². The Hall–Kier alpha value is -1.05. The van der Waals surface area contributed by atoms with Crippen molar-refractivity contribution in [1.82, 2.24) is 0 Å². The van der Waals surface area contributed by atoms with Gasteiger partial charge < -0.3 is 0 Å². The molecule has 0 amide bonds. The lowest BCUT2D eigenvalue weighted by molar-refractivity contribution is 1.61. The van der Waals surface area contributed by atoms with Crippen LogP contribution in [0.1, 0.15) is 5.56 Å². The summed E-state index contributed by atoms with van der Waals surface area (Å²) < 4.78 is 2.18. The number of aryl methyl sites for hydroxylation is 1. The highest BCUT2D eigenvalue weighted by molar-refractivity contribution is 7.23. The highest BCUT2D eigenvalue weighted by Crippen LogP contribution is 2.38. The van der Waals surface area contributed by atoms with Gasteiger partial charge in [0.25, 0.3) is 0 Å². The third-order valence-electron chi connectivity index (χ3n) is 2.76. The zero-order valence-electron chi connectivity index (χ0n) is 8.25. The van der Waals surface area contributed by atoms with E-state index in [-0.39, 0.29) is 0 Å². The molecule has 1 aromatic heterocycles. The van der Waals surface area contributed by atoms with Gasteiger partial charge in [0.1, 0.15) is 0 Å². The molecule has 3 rings (SSSR count). The molecule has 0 fully saturated rings. The molecule has 3 aromatic rings. The summed E-state index contributed by atoms with van der Waals surface area (Å²) in [5.41, 5.74) is 1.20. The number of thiophene rings is 1. The second-order valence-electron chi connectivity index (χ2n) is 3.66. The Morgan fingerprint density at radius 3 is 2.73 bits per heavy atom. The van der Waals surface area contributed by atoms with Crippen LogP contribution >= 0.6 is 22.9 Å². The van der Waals surface area contributed by atoms with Crippen molar-refractivity contribution in [3.05, 3.63) is 46.3 Å². The normalized spacial score (nSPS) is 11.3. The van der Waals surface area contributed by atoms with Crippen molar-refractivity contribution in [2.75, 3.05) is 0 Å². The molecule has 0 radical (unpaired) electrons. The molecule has 74 valence electrons. The maximum Gasteiger partial charge on any atom is 0.0970 e. The summed E-state index contributed by atoms with van der Waals surface area (Å²) in [5.74, 6) is 0. The SMILES string of the molecule is Cc1c(Cl)sc2ccc3ccccc3c12. The quantitative estimate of drug-likeness (QED) is 0.511. The average Bonchev–Trinajstić information content (AvgIpc) is 2.55. The summed E-state index contributed by atoms with van der Waals surface area (Å²) in [6.45, 7) is 2.09. The van der Waals surface area contributed by atoms with E-state index in [9.17, 15) is 0 Å². The van der Waals surface area contributed by atoms with Crippen LogP contribution in [0.2, 0.25) is 4.34 Å². The molecular formula is C13H9ClS. The molecule has 0 spiro atoms. The molecule has 2 heteroatoms. The maximum absolute atomic E-state index is 6.17. The van der Waals surface area contributed by atoms with Crippen LogP contribution in [0.4, 0.5) is 0 Å². The van der Waals surface area contributed by atoms with Crippen LogP contribution in [-0.2, 0) is 0 Å². The first-order valence-electron chi connectivity index (χ1n) is 4.84. The van der Waals surface area contributed by atoms with Crippen molar-refractivity contribution in [2.24, 2.45) is 0 Å². The van der Waals surface area contributed by atoms with E-state index < -0.39 is 0 Å². The Labute approximate surface area is 97.1 Å². The number of rotatable bonds is 0. The topological polar surface area (TPSA) is 0 Å². The first-order chi connectivity index (χ1) is 7.27. The van der Waals surface area contributed by atoms with Gasteiger partial charge in [0.2, 0.25) is 0 Å². The van der Waals surface area contributed by atoms with Crippen LogP contribution < -0.4 is 0 Å². The standard InChI is InChI=1S/C13H9ClS/c1-8-12-10-5-3-2-4-9(10)6-7-11(12)15-13(8)14/h2-7H,1H3. The number of halogens is 1. The first-order valence-corrected chi connectivity index (χ1v) is 6.03. The largest absolute Gasteiger partial charge is 0.123 e. The van der Waals surface area contributed by atoms with Gasteiger partial charge >= 0.3 is 0 Å². The van der Waals surface area contributed by atoms with Crippen molar-refractivity contribution in [3.8, 4) is 0 Å². The van der Waals surface area contributed by atoms with Crippen LogP contribution in [0, 0.1) is 6.92 Å². The number of hydrogen-bond acceptors (Lipinski definition) is 1. The molecule has 0 saturated heterocycles. The second kappa shape index (κ2) is 3.22. The number of fused-ring (bicyclic) bond motifs is 3. The molecule has 0 N–H and O–H groups in total. The highest BCUT2D eigenvalue weighted by Gasteiger charge is 2.08. The fourth-order valence-electron chi connectivity index (χ4n) is 1.99. The zero-order chi connectivity index (χ0) is 10.4. The Morgan fingerprint density at radius 2 is 1.87 bits per heavy atom. The molecule has 1 heterocycles. The van der Waals surface area contributed by atoms with Crippen molar-refractivity contribution in [2.45, 2.75) is 6.92 Å². The van der Waals surface area contributed by atoms with Gasteiger partial charge in [0.05, 0.1) is 4.34 Å². The van der Waals surface area contributed by atoms with Crippen LogP contribution in [-0.4, -0.2) is 0 Å². The fraction of sp³-hybridized carbons (Fsp3) is 0.0769. The fourth-order valence-corrected chi connectivity index (χ4v) is 3.29. The molecule has 0 nitrogen and oxygen atoms in total. The monoisotopic (exact) mass is 232 g/mol. The second-order valence-corrected chi connectivity index (χ2v) is 5.31. The van der Waals surface area contributed by atoms with Gasteiger partial charge in [-0.05, 0) is 29.3 Å².